The third-order valence-corrected chi connectivity index (χ3v) is 3.82. The largest absolute Gasteiger partial charge is 0.0917 e. The predicted molar refractivity (Wildman–Crippen MR) is 70.6 cm³/mol. The Morgan fingerprint density at radius 3 is 2.46 bits per heavy atom. The first-order chi connectivity index (χ1) is 6.31. The lowest BCUT2D eigenvalue weighted by Gasteiger charge is -2.05. The molecule has 0 bridgehead atoms. The Morgan fingerprint density at radius 1 is 1.15 bits per heavy atom. The van der Waals surface area contributed by atoms with E-state index in [0.717, 1.165) is 3.92 Å². The molecule has 0 aromatic rings. The molecule has 1 heteroatoms. The highest BCUT2D eigenvalue weighted by Crippen LogP contribution is 2.15. The van der Waals surface area contributed by atoms with Crippen molar-refractivity contribution in [3.05, 3.63) is 12.2 Å². The van der Waals surface area contributed by atoms with E-state index in [9.17, 15) is 0 Å². The maximum absolute atomic E-state index is 2.57. The van der Waals surface area contributed by atoms with Gasteiger partial charge in [-0.15, -0.1) is 0 Å². The SMILES string of the molecule is C/C=C/CCCCCCC(I)CC. The summed E-state index contributed by atoms with van der Waals surface area (Å²) in [4.78, 5) is 0. The Hall–Kier alpha value is 0.470. The zero-order valence-corrected chi connectivity index (χ0v) is 11.2. The van der Waals surface area contributed by atoms with Gasteiger partial charge in [0, 0.05) is 3.92 Å². The molecule has 0 N–H and O–H groups in total. The lowest BCUT2D eigenvalue weighted by Crippen LogP contribution is -1.93. The molecule has 0 aliphatic heterocycles. The van der Waals surface area contributed by atoms with E-state index in [-0.39, 0.29) is 0 Å². The molecule has 0 radical (unpaired) electrons. The van der Waals surface area contributed by atoms with Gasteiger partial charge in [-0.2, -0.15) is 0 Å². The van der Waals surface area contributed by atoms with Crippen molar-refractivity contribution in [3.63, 3.8) is 0 Å². The molecule has 0 aromatic heterocycles. The average Bonchev–Trinajstić information content (AvgIpc) is 2.16. The monoisotopic (exact) mass is 294 g/mol. The zero-order chi connectivity index (χ0) is 9.94. The standard InChI is InChI=1S/C12H23I/c1-3-5-6-7-8-9-10-11-12(13)4-2/h3,5,12H,4,6-11H2,1-2H3/b5-3+. The van der Waals surface area contributed by atoms with Gasteiger partial charge in [0.25, 0.3) is 0 Å². The molecule has 0 saturated heterocycles. The van der Waals surface area contributed by atoms with E-state index in [4.69, 9.17) is 0 Å². The van der Waals surface area contributed by atoms with Gasteiger partial charge in [0.15, 0.2) is 0 Å². The van der Waals surface area contributed by atoms with Crippen molar-refractivity contribution in [1.29, 1.82) is 0 Å². The molecule has 0 aliphatic rings. The van der Waals surface area contributed by atoms with Gasteiger partial charge < -0.3 is 0 Å². The van der Waals surface area contributed by atoms with Crippen molar-refractivity contribution in [3.8, 4) is 0 Å². The van der Waals surface area contributed by atoms with Gasteiger partial charge in [0.05, 0.1) is 0 Å². The van der Waals surface area contributed by atoms with Crippen molar-refractivity contribution >= 4 is 22.6 Å². The summed E-state index contributed by atoms with van der Waals surface area (Å²) in [5.41, 5.74) is 0. The molecule has 13 heavy (non-hydrogen) atoms. The highest BCUT2D eigenvalue weighted by molar-refractivity contribution is 14.1. The van der Waals surface area contributed by atoms with Crippen LogP contribution in [0.4, 0.5) is 0 Å². The highest BCUT2D eigenvalue weighted by Gasteiger charge is 1.98. The van der Waals surface area contributed by atoms with E-state index in [2.05, 4.69) is 48.6 Å². The van der Waals surface area contributed by atoms with E-state index in [1.165, 1.54) is 44.9 Å². The maximum Gasteiger partial charge on any atom is 0.0107 e. The molecule has 1 unspecified atom stereocenters. The van der Waals surface area contributed by atoms with Gasteiger partial charge in [-0.1, -0.05) is 60.9 Å². The minimum absolute atomic E-state index is 0.910. The average molecular weight is 294 g/mol. The third kappa shape index (κ3) is 10.4. The van der Waals surface area contributed by atoms with Crippen LogP contribution in [0.3, 0.4) is 0 Å². The number of rotatable bonds is 8. The Bertz CT molecular complexity index is 118. The van der Waals surface area contributed by atoms with Gasteiger partial charge in [0.2, 0.25) is 0 Å². The van der Waals surface area contributed by atoms with Crippen LogP contribution in [0.15, 0.2) is 12.2 Å². The topological polar surface area (TPSA) is 0 Å². The first-order valence-electron chi connectivity index (χ1n) is 5.56. The van der Waals surface area contributed by atoms with Crippen molar-refractivity contribution in [2.75, 3.05) is 0 Å². The van der Waals surface area contributed by atoms with Crippen LogP contribution in [0, 0.1) is 0 Å². The fourth-order valence-electron chi connectivity index (χ4n) is 1.35. The number of hydrogen-bond donors (Lipinski definition) is 0. The summed E-state index contributed by atoms with van der Waals surface area (Å²) in [6.45, 7) is 4.38. The molecular weight excluding hydrogens is 271 g/mol. The summed E-state index contributed by atoms with van der Waals surface area (Å²) in [7, 11) is 0. The number of allylic oxidation sites excluding steroid dienone is 2. The van der Waals surface area contributed by atoms with Crippen molar-refractivity contribution in [2.45, 2.75) is 62.7 Å². The van der Waals surface area contributed by atoms with Gasteiger partial charge in [-0.05, 0) is 32.6 Å². The van der Waals surface area contributed by atoms with Gasteiger partial charge in [-0.25, -0.2) is 0 Å². The van der Waals surface area contributed by atoms with E-state index in [1.54, 1.807) is 0 Å². The predicted octanol–water partition coefficient (Wildman–Crippen LogP) is 5.12. The summed E-state index contributed by atoms with van der Waals surface area (Å²) in [6.07, 6.45) is 14.1. The second-order valence-corrected chi connectivity index (χ2v) is 5.33. The molecule has 0 saturated carbocycles. The molecule has 0 rings (SSSR count). The van der Waals surface area contributed by atoms with Crippen LogP contribution < -0.4 is 0 Å². The van der Waals surface area contributed by atoms with Crippen LogP contribution in [0.1, 0.15) is 58.8 Å². The number of hydrogen-bond acceptors (Lipinski definition) is 0. The number of unbranched alkanes of at least 4 members (excludes halogenated alkanes) is 4. The smallest absolute Gasteiger partial charge is 0.0107 e. The lowest BCUT2D eigenvalue weighted by atomic mass is 10.1. The second kappa shape index (κ2) is 10.6. The van der Waals surface area contributed by atoms with Crippen LogP contribution in [-0.4, -0.2) is 3.92 Å². The second-order valence-electron chi connectivity index (χ2n) is 3.57. The molecule has 0 spiro atoms. The van der Waals surface area contributed by atoms with Crippen LogP contribution in [0.2, 0.25) is 0 Å². The van der Waals surface area contributed by atoms with E-state index < -0.39 is 0 Å². The summed E-state index contributed by atoms with van der Waals surface area (Å²) in [6, 6.07) is 0. The van der Waals surface area contributed by atoms with Crippen molar-refractivity contribution in [1.82, 2.24) is 0 Å². The molecule has 0 heterocycles. The van der Waals surface area contributed by atoms with Gasteiger partial charge in [0.1, 0.15) is 0 Å². The van der Waals surface area contributed by atoms with Gasteiger partial charge >= 0.3 is 0 Å². The fraction of sp³-hybridized carbons (Fsp3) is 0.833. The number of halogens is 1. The quantitative estimate of drug-likeness (QED) is 0.252. The first-order valence-corrected chi connectivity index (χ1v) is 6.81. The normalized spacial score (nSPS) is 13.8. The lowest BCUT2D eigenvalue weighted by molar-refractivity contribution is 0.607. The molecular formula is C12H23I. The summed E-state index contributed by atoms with van der Waals surface area (Å²) < 4.78 is 0.910. The summed E-state index contributed by atoms with van der Waals surface area (Å²) >= 11 is 2.57. The minimum atomic E-state index is 0.910. The Morgan fingerprint density at radius 2 is 1.85 bits per heavy atom. The summed E-state index contributed by atoms with van der Waals surface area (Å²) in [5, 5.41) is 0. The van der Waals surface area contributed by atoms with Crippen LogP contribution in [0.5, 0.6) is 0 Å². The maximum atomic E-state index is 2.57. The molecule has 0 amide bonds. The molecule has 78 valence electrons. The summed E-state index contributed by atoms with van der Waals surface area (Å²) in [5.74, 6) is 0. The molecule has 0 fully saturated rings. The molecule has 1 atom stereocenters. The molecule has 0 nitrogen and oxygen atoms in total. The third-order valence-electron chi connectivity index (χ3n) is 2.32. The Labute approximate surface area is 97.3 Å². The van der Waals surface area contributed by atoms with E-state index in [1.807, 2.05) is 0 Å². The molecule has 0 aromatic carbocycles. The first kappa shape index (κ1) is 13.5. The Balaban J connectivity index is 2.99. The van der Waals surface area contributed by atoms with Crippen molar-refractivity contribution in [2.24, 2.45) is 0 Å². The minimum Gasteiger partial charge on any atom is -0.0917 e. The molecule has 0 aliphatic carbocycles. The highest BCUT2D eigenvalue weighted by atomic mass is 127. The fourth-order valence-corrected chi connectivity index (χ4v) is 1.79. The van der Waals surface area contributed by atoms with Crippen LogP contribution in [-0.2, 0) is 0 Å². The van der Waals surface area contributed by atoms with Gasteiger partial charge in [-0.3, -0.25) is 0 Å². The number of alkyl halides is 1. The van der Waals surface area contributed by atoms with E-state index >= 15 is 0 Å². The van der Waals surface area contributed by atoms with E-state index in [0.29, 0.717) is 0 Å². The van der Waals surface area contributed by atoms with Crippen LogP contribution >= 0.6 is 22.6 Å². The van der Waals surface area contributed by atoms with Crippen LogP contribution in [0.25, 0.3) is 0 Å². The Kier molecular flexibility index (Phi) is 10.9. The van der Waals surface area contributed by atoms with Crippen molar-refractivity contribution < 1.29 is 0 Å². The zero-order valence-electron chi connectivity index (χ0n) is 9.06.